The Morgan fingerprint density at radius 2 is 2.00 bits per heavy atom. The summed E-state index contributed by atoms with van der Waals surface area (Å²) in [7, 11) is 0. The highest BCUT2D eigenvalue weighted by atomic mass is 32.1. The molecule has 0 fully saturated rings. The summed E-state index contributed by atoms with van der Waals surface area (Å²) in [5.41, 5.74) is 2.36. The van der Waals surface area contributed by atoms with Crippen molar-refractivity contribution in [1.82, 2.24) is 9.55 Å². The van der Waals surface area contributed by atoms with Crippen LogP contribution >= 0.6 is 11.3 Å². The predicted octanol–water partition coefficient (Wildman–Crippen LogP) is 4.20. The first-order valence-corrected chi connectivity index (χ1v) is 9.87. The van der Waals surface area contributed by atoms with Crippen LogP contribution in [0.5, 0.6) is 5.75 Å². The van der Waals surface area contributed by atoms with Crippen LogP contribution in [0, 0.1) is 0 Å². The lowest BCUT2D eigenvalue weighted by Crippen LogP contribution is -2.28. The molecule has 140 valence electrons. The Balaban J connectivity index is 1.84. The van der Waals surface area contributed by atoms with Crippen molar-refractivity contribution < 1.29 is 9.53 Å². The van der Waals surface area contributed by atoms with Crippen molar-refractivity contribution in [1.29, 1.82) is 0 Å². The highest BCUT2D eigenvalue weighted by molar-refractivity contribution is 7.13. The number of benzene rings is 1. The second-order valence-corrected chi connectivity index (χ2v) is 7.15. The molecule has 0 aliphatic carbocycles. The van der Waals surface area contributed by atoms with Crippen molar-refractivity contribution in [2.24, 2.45) is 4.99 Å². The number of nitrogens with zero attached hydrogens (tertiary/aromatic N) is 3. The zero-order chi connectivity index (χ0) is 19.2. The molecule has 0 unspecified atom stereocenters. The summed E-state index contributed by atoms with van der Waals surface area (Å²) >= 11 is 1.52. The fourth-order valence-electron chi connectivity index (χ4n) is 2.69. The van der Waals surface area contributed by atoms with Gasteiger partial charge in [-0.05, 0) is 45.0 Å². The van der Waals surface area contributed by atoms with Gasteiger partial charge < -0.3 is 4.74 Å². The van der Waals surface area contributed by atoms with Gasteiger partial charge in [0.2, 0.25) is 5.91 Å². The highest BCUT2D eigenvalue weighted by Gasteiger charge is 2.13. The molecule has 0 N–H and O–H groups in total. The third kappa shape index (κ3) is 4.71. The van der Waals surface area contributed by atoms with Crippen LogP contribution in [0.2, 0.25) is 0 Å². The van der Waals surface area contributed by atoms with Crippen molar-refractivity contribution in [2.75, 3.05) is 6.61 Å². The third-order valence-corrected chi connectivity index (χ3v) is 4.72. The van der Waals surface area contributed by atoms with E-state index in [1.807, 2.05) is 68.6 Å². The Labute approximate surface area is 163 Å². The van der Waals surface area contributed by atoms with Crippen LogP contribution in [0.15, 0.2) is 59.0 Å². The third-order valence-electron chi connectivity index (χ3n) is 3.80. The van der Waals surface area contributed by atoms with E-state index in [4.69, 9.17) is 4.74 Å². The van der Waals surface area contributed by atoms with E-state index < -0.39 is 0 Å². The van der Waals surface area contributed by atoms with E-state index in [1.54, 1.807) is 10.8 Å². The first-order valence-electron chi connectivity index (χ1n) is 8.99. The Kier molecular flexibility index (Phi) is 6.19. The number of para-hydroxylation sites is 1. The number of hydrogen-bond donors (Lipinski definition) is 0. The standard InChI is InChI=1S/C21H23N3O2S/c1-4-26-18-10-6-5-9-17(18)21-23-16(14-27-21)13-20(25)24-12-8-7-11-19(24)22-15(2)3/h5-12,14-15H,4,13H2,1-3H3. The summed E-state index contributed by atoms with van der Waals surface area (Å²) in [5, 5.41) is 2.78. The Morgan fingerprint density at radius 3 is 2.78 bits per heavy atom. The van der Waals surface area contributed by atoms with E-state index in [-0.39, 0.29) is 18.4 Å². The minimum Gasteiger partial charge on any atom is -0.493 e. The summed E-state index contributed by atoms with van der Waals surface area (Å²) in [4.78, 5) is 21.9. The Bertz CT molecular complexity index is 989. The molecule has 0 saturated heterocycles. The SMILES string of the molecule is CCOc1ccccc1-c1nc(CC(=O)n2ccccc2=NC(C)C)cs1. The summed E-state index contributed by atoms with van der Waals surface area (Å²) in [5.74, 6) is 0.757. The first kappa shape index (κ1) is 19.0. The van der Waals surface area contributed by atoms with Gasteiger partial charge in [0, 0.05) is 17.6 Å². The minimum atomic E-state index is -0.0510. The maximum atomic E-state index is 12.8. The lowest BCUT2D eigenvalue weighted by atomic mass is 10.2. The number of hydrogen-bond acceptors (Lipinski definition) is 5. The molecule has 2 heterocycles. The van der Waals surface area contributed by atoms with Gasteiger partial charge >= 0.3 is 0 Å². The van der Waals surface area contributed by atoms with Crippen LogP contribution in [0.4, 0.5) is 0 Å². The summed E-state index contributed by atoms with van der Waals surface area (Å²) in [6, 6.07) is 13.5. The topological polar surface area (TPSA) is 56.5 Å². The molecule has 5 nitrogen and oxygen atoms in total. The molecule has 0 spiro atoms. The van der Waals surface area contributed by atoms with E-state index in [2.05, 4.69) is 9.98 Å². The maximum absolute atomic E-state index is 12.8. The number of rotatable bonds is 6. The van der Waals surface area contributed by atoms with E-state index in [9.17, 15) is 4.79 Å². The fraction of sp³-hybridized carbons (Fsp3) is 0.286. The predicted molar refractivity (Wildman–Crippen MR) is 108 cm³/mol. The maximum Gasteiger partial charge on any atom is 0.238 e. The number of thiazole rings is 1. The molecule has 0 saturated carbocycles. The van der Waals surface area contributed by atoms with Gasteiger partial charge in [0.15, 0.2) is 0 Å². The smallest absolute Gasteiger partial charge is 0.238 e. The van der Waals surface area contributed by atoms with Crippen LogP contribution in [0.3, 0.4) is 0 Å². The van der Waals surface area contributed by atoms with Crippen LogP contribution in [-0.2, 0) is 6.42 Å². The van der Waals surface area contributed by atoms with E-state index in [0.29, 0.717) is 12.1 Å². The number of aromatic nitrogens is 2. The minimum absolute atomic E-state index is 0.0510. The molecule has 2 aromatic heterocycles. The van der Waals surface area contributed by atoms with Crippen molar-refractivity contribution >= 4 is 17.2 Å². The molecular weight excluding hydrogens is 358 g/mol. The number of pyridine rings is 1. The van der Waals surface area contributed by atoms with Crippen LogP contribution < -0.4 is 10.2 Å². The molecule has 0 aliphatic heterocycles. The molecule has 27 heavy (non-hydrogen) atoms. The van der Waals surface area contributed by atoms with E-state index >= 15 is 0 Å². The molecule has 0 radical (unpaired) electrons. The lowest BCUT2D eigenvalue weighted by molar-refractivity contribution is 0.0907. The van der Waals surface area contributed by atoms with Crippen LogP contribution in [0.1, 0.15) is 31.3 Å². The molecule has 1 aromatic carbocycles. The summed E-state index contributed by atoms with van der Waals surface area (Å²) in [6.45, 7) is 6.54. The molecule has 0 aliphatic rings. The molecule has 6 heteroatoms. The zero-order valence-corrected chi connectivity index (χ0v) is 16.6. The summed E-state index contributed by atoms with van der Waals surface area (Å²) < 4.78 is 7.28. The number of carbonyl (C=O) groups is 1. The van der Waals surface area contributed by atoms with Gasteiger partial charge in [-0.25, -0.2) is 4.98 Å². The monoisotopic (exact) mass is 381 g/mol. The molecule has 3 aromatic rings. The van der Waals surface area contributed by atoms with Gasteiger partial charge in [-0.2, -0.15) is 0 Å². The largest absolute Gasteiger partial charge is 0.493 e. The molecule has 0 atom stereocenters. The molecular formula is C21H23N3O2S. The van der Waals surface area contributed by atoms with Gasteiger partial charge in [0.05, 0.1) is 24.3 Å². The van der Waals surface area contributed by atoms with Crippen molar-refractivity contribution in [3.05, 3.63) is 65.2 Å². The molecule has 0 bridgehead atoms. The van der Waals surface area contributed by atoms with Gasteiger partial charge in [0.25, 0.3) is 0 Å². The zero-order valence-electron chi connectivity index (χ0n) is 15.8. The highest BCUT2D eigenvalue weighted by Crippen LogP contribution is 2.32. The number of ether oxygens (including phenoxy) is 1. The van der Waals surface area contributed by atoms with Crippen molar-refractivity contribution in [2.45, 2.75) is 33.2 Å². The van der Waals surface area contributed by atoms with Gasteiger partial charge in [0.1, 0.15) is 16.2 Å². The quantitative estimate of drug-likeness (QED) is 0.643. The number of carbonyl (C=O) groups excluding carboxylic acids is 1. The first-order chi connectivity index (χ1) is 13.1. The average molecular weight is 382 g/mol. The normalized spacial score (nSPS) is 11.8. The van der Waals surface area contributed by atoms with E-state index in [0.717, 1.165) is 22.0 Å². The lowest BCUT2D eigenvalue weighted by Gasteiger charge is -2.07. The van der Waals surface area contributed by atoms with Crippen LogP contribution in [-0.4, -0.2) is 28.1 Å². The summed E-state index contributed by atoms with van der Waals surface area (Å²) in [6.07, 6.45) is 1.98. The molecule has 3 rings (SSSR count). The van der Waals surface area contributed by atoms with Gasteiger partial charge in [-0.15, -0.1) is 11.3 Å². The van der Waals surface area contributed by atoms with Crippen molar-refractivity contribution in [3.63, 3.8) is 0 Å². The fourth-order valence-corrected chi connectivity index (χ4v) is 3.54. The van der Waals surface area contributed by atoms with Gasteiger partial charge in [-0.3, -0.25) is 14.4 Å². The molecule has 0 amide bonds. The Morgan fingerprint density at radius 1 is 1.22 bits per heavy atom. The Hall–Kier alpha value is -2.73. The second kappa shape index (κ2) is 8.77. The van der Waals surface area contributed by atoms with E-state index in [1.165, 1.54) is 11.3 Å². The second-order valence-electron chi connectivity index (χ2n) is 6.30. The van der Waals surface area contributed by atoms with Crippen molar-refractivity contribution in [3.8, 4) is 16.3 Å². The van der Waals surface area contributed by atoms with Crippen LogP contribution in [0.25, 0.3) is 10.6 Å². The van der Waals surface area contributed by atoms with Gasteiger partial charge in [-0.1, -0.05) is 18.2 Å². The average Bonchev–Trinajstić information content (AvgIpc) is 3.10.